The SMILES string of the molecule is Cc1cccc(-c2cc3ccccc3c(-c3cccc(C)c3)n2)c1. The molecule has 0 unspecified atom stereocenters. The maximum atomic E-state index is 5.02. The van der Waals surface area contributed by atoms with Gasteiger partial charge < -0.3 is 0 Å². The summed E-state index contributed by atoms with van der Waals surface area (Å²) in [6.45, 7) is 4.24. The third-order valence-corrected chi connectivity index (χ3v) is 4.35. The van der Waals surface area contributed by atoms with Crippen LogP contribution in [-0.4, -0.2) is 4.98 Å². The van der Waals surface area contributed by atoms with Crippen molar-refractivity contribution >= 4 is 10.8 Å². The number of aryl methyl sites for hydroxylation is 2. The Bertz CT molecular complexity index is 1030. The first-order chi connectivity index (χ1) is 11.7. The number of benzene rings is 3. The van der Waals surface area contributed by atoms with Crippen molar-refractivity contribution in [3.63, 3.8) is 0 Å². The molecule has 0 saturated carbocycles. The molecular weight excluding hydrogens is 290 g/mol. The number of rotatable bonds is 2. The van der Waals surface area contributed by atoms with E-state index in [2.05, 4.69) is 92.7 Å². The topological polar surface area (TPSA) is 12.9 Å². The molecule has 1 aromatic heterocycles. The van der Waals surface area contributed by atoms with Crippen LogP contribution in [0.2, 0.25) is 0 Å². The average Bonchev–Trinajstić information content (AvgIpc) is 2.61. The minimum absolute atomic E-state index is 1.02. The Morgan fingerprint density at radius 1 is 0.625 bits per heavy atom. The summed E-state index contributed by atoms with van der Waals surface area (Å²) in [6.07, 6.45) is 0. The summed E-state index contributed by atoms with van der Waals surface area (Å²) in [4.78, 5) is 5.02. The van der Waals surface area contributed by atoms with E-state index in [-0.39, 0.29) is 0 Å². The summed E-state index contributed by atoms with van der Waals surface area (Å²) in [5.74, 6) is 0. The molecule has 4 rings (SSSR count). The summed E-state index contributed by atoms with van der Waals surface area (Å²) in [5, 5.41) is 2.42. The Kier molecular flexibility index (Phi) is 3.62. The minimum Gasteiger partial charge on any atom is -0.247 e. The number of hydrogen-bond donors (Lipinski definition) is 0. The van der Waals surface area contributed by atoms with Crippen molar-refractivity contribution in [3.05, 3.63) is 90.0 Å². The van der Waals surface area contributed by atoms with Crippen LogP contribution < -0.4 is 0 Å². The molecule has 0 aliphatic rings. The van der Waals surface area contributed by atoms with Crippen LogP contribution in [0.15, 0.2) is 78.9 Å². The van der Waals surface area contributed by atoms with Crippen LogP contribution in [-0.2, 0) is 0 Å². The molecule has 0 amide bonds. The number of fused-ring (bicyclic) bond motifs is 1. The fraction of sp³-hybridized carbons (Fsp3) is 0.0870. The molecule has 0 radical (unpaired) electrons. The number of nitrogens with zero attached hydrogens (tertiary/aromatic N) is 1. The highest BCUT2D eigenvalue weighted by atomic mass is 14.7. The van der Waals surface area contributed by atoms with Gasteiger partial charge in [-0.1, -0.05) is 71.8 Å². The van der Waals surface area contributed by atoms with Crippen LogP contribution in [0, 0.1) is 13.8 Å². The van der Waals surface area contributed by atoms with E-state index in [1.807, 2.05) is 0 Å². The lowest BCUT2D eigenvalue weighted by atomic mass is 9.99. The lowest BCUT2D eigenvalue weighted by Gasteiger charge is -2.11. The Hall–Kier alpha value is -2.93. The third-order valence-electron chi connectivity index (χ3n) is 4.35. The van der Waals surface area contributed by atoms with E-state index in [0.29, 0.717) is 0 Å². The zero-order chi connectivity index (χ0) is 16.5. The molecule has 0 aliphatic carbocycles. The molecule has 4 aromatic rings. The molecule has 1 heterocycles. The molecule has 0 spiro atoms. The molecule has 1 heteroatoms. The minimum atomic E-state index is 1.02. The number of hydrogen-bond acceptors (Lipinski definition) is 1. The molecule has 3 aromatic carbocycles. The van der Waals surface area contributed by atoms with E-state index in [0.717, 1.165) is 17.0 Å². The van der Waals surface area contributed by atoms with E-state index in [1.165, 1.54) is 27.5 Å². The van der Waals surface area contributed by atoms with Crippen LogP contribution in [0.25, 0.3) is 33.3 Å². The second-order valence-corrected chi connectivity index (χ2v) is 6.32. The van der Waals surface area contributed by atoms with E-state index in [9.17, 15) is 0 Å². The zero-order valence-electron chi connectivity index (χ0n) is 14.0. The fourth-order valence-corrected chi connectivity index (χ4v) is 3.16. The molecule has 0 aliphatic heterocycles. The second-order valence-electron chi connectivity index (χ2n) is 6.32. The average molecular weight is 309 g/mol. The van der Waals surface area contributed by atoms with Crippen LogP contribution in [0.1, 0.15) is 11.1 Å². The van der Waals surface area contributed by atoms with E-state index in [4.69, 9.17) is 4.98 Å². The molecule has 116 valence electrons. The van der Waals surface area contributed by atoms with Crippen molar-refractivity contribution in [3.8, 4) is 22.5 Å². The molecule has 1 nitrogen and oxygen atoms in total. The third kappa shape index (κ3) is 2.69. The Morgan fingerprint density at radius 3 is 2.04 bits per heavy atom. The largest absolute Gasteiger partial charge is 0.247 e. The highest BCUT2D eigenvalue weighted by Crippen LogP contribution is 2.31. The predicted octanol–water partition coefficient (Wildman–Crippen LogP) is 6.19. The predicted molar refractivity (Wildman–Crippen MR) is 102 cm³/mol. The molecule has 0 atom stereocenters. The van der Waals surface area contributed by atoms with Crippen LogP contribution in [0.5, 0.6) is 0 Å². The highest BCUT2D eigenvalue weighted by molar-refractivity contribution is 5.97. The molecule has 0 fully saturated rings. The van der Waals surface area contributed by atoms with Crippen molar-refractivity contribution in [2.24, 2.45) is 0 Å². The van der Waals surface area contributed by atoms with Crippen molar-refractivity contribution in [1.29, 1.82) is 0 Å². The van der Waals surface area contributed by atoms with Crippen molar-refractivity contribution in [2.45, 2.75) is 13.8 Å². The van der Waals surface area contributed by atoms with Gasteiger partial charge in [0.2, 0.25) is 0 Å². The zero-order valence-corrected chi connectivity index (χ0v) is 14.0. The van der Waals surface area contributed by atoms with Crippen molar-refractivity contribution in [1.82, 2.24) is 4.98 Å². The quantitative estimate of drug-likeness (QED) is 0.430. The van der Waals surface area contributed by atoms with Gasteiger partial charge in [-0.05, 0) is 37.4 Å². The van der Waals surface area contributed by atoms with E-state index >= 15 is 0 Å². The molecule has 0 N–H and O–H groups in total. The molecule has 0 saturated heterocycles. The van der Waals surface area contributed by atoms with Crippen LogP contribution in [0.4, 0.5) is 0 Å². The van der Waals surface area contributed by atoms with Crippen molar-refractivity contribution < 1.29 is 0 Å². The van der Waals surface area contributed by atoms with Crippen LogP contribution >= 0.6 is 0 Å². The lowest BCUT2D eigenvalue weighted by Crippen LogP contribution is -1.91. The Morgan fingerprint density at radius 2 is 1.29 bits per heavy atom. The normalized spacial score (nSPS) is 10.9. The summed E-state index contributed by atoms with van der Waals surface area (Å²) >= 11 is 0. The van der Waals surface area contributed by atoms with Gasteiger partial charge in [-0.15, -0.1) is 0 Å². The maximum Gasteiger partial charge on any atom is 0.0787 e. The van der Waals surface area contributed by atoms with Crippen LogP contribution in [0.3, 0.4) is 0 Å². The van der Waals surface area contributed by atoms with Gasteiger partial charge in [0, 0.05) is 16.5 Å². The van der Waals surface area contributed by atoms with Gasteiger partial charge in [0.1, 0.15) is 0 Å². The molecule has 0 bridgehead atoms. The second kappa shape index (κ2) is 5.93. The first-order valence-corrected chi connectivity index (χ1v) is 8.24. The van der Waals surface area contributed by atoms with Gasteiger partial charge in [-0.3, -0.25) is 0 Å². The van der Waals surface area contributed by atoms with E-state index in [1.54, 1.807) is 0 Å². The standard InChI is InChI=1S/C23H19N/c1-16-7-5-10-19(13-16)22-15-18-9-3-4-12-21(18)23(24-22)20-11-6-8-17(2)14-20/h3-15H,1-2H3. The maximum absolute atomic E-state index is 5.02. The van der Waals surface area contributed by atoms with Gasteiger partial charge in [-0.25, -0.2) is 4.98 Å². The lowest BCUT2D eigenvalue weighted by molar-refractivity contribution is 1.33. The molecule has 24 heavy (non-hydrogen) atoms. The van der Waals surface area contributed by atoms with Gasteiger partial charge in [0.25, 0.3) is 0 Å². The number of aromatic nitrogens is 1. The Balaban J connectivity index is 2.01. The summed E-state index contributed by atoms with van der Waals surface area (Å²) in [6, 6.07) is 27.8. The summed E-state index contributed by atoms with van der Waals surface area (Å²) < 4.78 is 0. The highest BCUT2D eigenvalue weighted by Gasteiger charge is 2.10. The van der Waals surface area contributed by atoms with Gasteiger partial charge >= 0.3 is 0 Å². The fourth-order valence-electron chi connectivity index (χ4n) is 3.16. The smallest absolute Gasteiger partial charge is 0.0787 e. The molecular formula is C23H19N. The van der Waals surface area contributed by atoms with Gasteiger partial charge in [0.05, 0.1) is 11.4 Å². The summed E-state index contributed by atoms with van der Waals surface area (Å²) in [7, 11) is 0. The summed E-state index contributed by atoms with van der Waals surface area (Å²) in [5.41, 5.74) is 6.90. The first kappa shape index (κ1) is 14.6. The number of pyridine rings is 1. The van der Waals surface area contributed by atoms with Gasteiger partial charge in [0.15, 0.2) is 0 Å². The Labute approximate surface area is 142 Å². The van der Waals surface area contributed by atoms with E-state index < -0.39 is 0 Å². The first-order valence-electron chi connectivity index (χ1n) is 8.24. The monoisotopic (exact) mass is 309 g/mol. The van der Waals surface area contributed by atoms with Crippen molar-refractivity contribution in [2.75, 3.05) is 0 Å². The van der Waals surface area contributed by atoms with Gasteiger partial charge in [-0.2, -0.15) is 0 Å².